The Bertz CT molecular complexity index is 1490. The lowest BCUT2D eigenvalue weighted by Gasteiger charge is -2.25. The van der Waals surface area contributed by atoms with Gasteiger partial charge in [-0.1, -0.05) is 12.8 Å². The summed E-state index contributed by atoms with van der Waals surface area (Å²) in [5.41, 5.74) is 5.08. The summed E-state index contributed by atoms with van der Waals surface area (Å²) in [5.74, 6) is 5.56. The molecule has 0 fully saturated rings. The molecule has 2 aliphatic rings. The third-order valence-electron chi connectivity index (χ3n) is 6.07. The summed E-state index contributed by atoms with van der Waals surface area (Å²) in [4.78, 5) is -0.0682. The third kappa shape index (κ3) is 5.61. The van der Waals surface area contributed by atoms with Crippen molar-refractivity contribution in [3.05, 3.63) is 88.5 Å². The van der Waals surface area contributed by atoms with Crippen molar-refractivity contribution in [1.29, 1.82) is 0 Å². The molecule has 0 atom stereocenters. The Morgan fingerprint density at radius 1 is 1.22 bits per heavy atom. The predicted octanol–water partition coefficient (Wildman–Crippen LogP) is 4.72. The molecular weight excluding hydrogens is 493 g/mol. The van der Waals surface area contributed by atoms with Gasteiger partial charge in [0.15, 0.2) is 0 Å². The van der Waals surface area contributed by atoms with Gasteiger partial charge in [0.05, 0.1) is 29.1 Å². The first-order valence-electron chi connectivity index (χ1n) is 11.8. The lowest BCUT2D eigenvalue weighted by Crippen LogP contribution is -2.21. The Kier molecular flexibility index (Phi) is 7.81. The quantitative estimate of drug-likeness (QED) is 0.537. The number of nitrogens with one attached hydrogen (secondary N) is 1. The van der Waals surface area contributed by atoms with E-state index in [0.717, 1.165) is 41.8 Å². The molecule has 2 aromatic rings. The highest BCUT2D eigenvalue weighted by molar-refractivity contribution is 7.92. The number of ether oxygens (including phenoxy) is 1. The number of allylic oxidation sites excluding steroid dienone is 5. The lowest BCUT2D eigenvalue weighted by molar-refractivity contribution is 0.350. The molecule has 2 N–H and O–H groups in total. The van der Waals surface area contributed by atoms with Gasteiger partial charge in [0.1, 0.15) is 23.9 Å². The molecule has 192 valence electrons. The van der Waals surface area contributed by atoms with Crippen LogP contribution in [0.3, 0.4) is 0 Å². The Balaban J connectivity index is 1.80. The van der Waals surface area contributed by atoms with Gasteiger partial charge >= 0.3 is 0 Å². The normalized spacial score (nSPS) is 15.2. The third-order valence-corrected chi connectivity index (χ3v) is 7.45. The van der Waals surface area contributed by atoms with Crippen molar-refractivity contribution in [3.8, 4) is 17.6 Å². The van der Waals surface area contributed by atoms with E-state index in [1.165, 1.54) is 19.2 Å². The Hall–Kier alpha value is -3.87. The van der Waals surface area contributed by atoms with Crippen LogP contribution < -0.4 is 9.46 Å². The number of hydrazone groups is 1. The van der Waals surface area contributed by atoms with E-state index in [1.807, 2.05) is 38.1 Å². The fourth-order valence-corrected chi connectivity index (χ4v) is 5.25. The van der Waals surface area contributed by atoms with Crippen LogP contribution in [0.5, 0.6) is 5.75 Å². The minimum Gasteiger partial charge on any atom is -0.494 e. The number of aliphatic hydroxyl groups is 1. The highest BCUT2D eigenvalue weighted by Crippen LogP contribution is 2.35. The van der Waals surface area contributed by atoms with E-state index in [4.69, 9.17) is 9.84 Å². The SMILES string of the molecule is CCc1cc(C2=NN3C(C#CCO)=CCCC(C)=C3C=C2)cc(NS(=O)(=O)c2ccc(F)cc2)c1OC. The molecule has 2 aromatic carbocycles. The minimum atomic E-state index is -4.01. The number of nitrogens with zero attached hydrogens (tertiary/aromatic N) is 2. The van der Waals surface area contributed by atoms with Gasteiger partial charge in [-0.3, -0.25) is 4.72 Å². The first-order valence-corrected chi connectivity index (χ1v) is 13.3. The van der Waals surface area contributed by atoms with Gasteiger partial charge in [-0.15, -0.1) is 0 Å². The van der Waals surface area contributed by atoms with E-state index >= 15 is 0 Å². The number of aryl methyl sites for hydroxylation is 1. The van der Waals surface area contributed by atoms with E-state index in [0.29, 0.717) is 29.1 Å². The van der Waals surface area contributed by atoms with Crippen LogP contribution in [0.1, 0.15) is 37.8 Å². The average Bonchev–Trinajstić information content (AvgIpc) is 3.04. The largest absolute Gasteiger partial charge is 0.494 e. The number of benzene rings is 2. The molecule has 37 heavy (non-hydrogen) atoms. The minimum absolute atomic E-state index is 0.0682. The van der Waals surface area contributed by atoms with Gasteiger partial charge in [-0.25, -0.2) is 17.8 Å². The molecule has 0 saturated heterocycles. The zero-order valence-corrected chi connectivity index (χ0v) is 21.7. The number of sulfonamides is 1. The molecule has 0 aliphatic carbocycles. The van der Waals surface area contributed by atoms with Crippen LogP contribution in [-0.4, -0.2) is 38.0 Å². The fraction of sp³-hybridized carbons (Fsp3) is 0.250. The zero-order chi connectivity index (χ0) is 26.6. The second kappa shape index (κ2) is 11.0. The molecule has 2 heterocycles. The van der Waals surface area contributed by atoms with E-state index in [1.54, 1.807) is 11.1 Å². The first-order chi connectivity index (χ1) is 17.8. The molecule has 0 saturated carbocycles. The van der Waals surface area contributed by atoms with Crippen molar-refractivity contribution in [2.75, 3.05) is 18.4 Å². The molecule has 2 aliphatic heterocycles. The van der Waals surface area contributed by atoms with Gasteiger partial charge in [-0.05, 0) is 97.9 Å². The molecule has 0 unspecified atom stereocenters. The van der Waals surface area contributed by atoms with Gasteiger partial charge < -0.3 is 9.84 Å². The van der Waals surface area contributed by atoms with Crippen molar-refractivity contribution in [1.82, 2.24) is 5.01 Å². The second-order valence-corrected chi connectivity index (χ2v) is 10.2. The van der Waals surface area contributed by atoms with E-state index in [-0.39, 0.29) is 17.2 Å². The Morgan fingerprint density at radius 3 is 2.65 bits per heavy atom. The van der Waals surface area contributed by atoms with E-state index in [9.17, 15) is 17.9 Å². The molecule has 0 spiro atoms. The van der Waals surface area contributed by atoms with E-state index in [2.05, 4.69) is 16.6 Å². The summed E-state index contributed by atoms with van der Waals surface area (Å²) >= 11 is 0. The summed E-state index contributed by atoms with van der Waals surface area (Å²) < 4.78 is 47.7. The number of methoxy groups -OCH3 is 1. The summed E-state index contributed by atoms with van der Waals surface area (Å²) in [7, 11) is -2.53. The number of fused-ring (bicyclic) bond motifs is 1. The maximum absolute atomic E-state index is 13.4. The second-order valence-electron chi connectivity index (χ2n) is 8.51. The molecule has 0 radical (unpaired) electrons. The smallest absolute Gasteiger partial charge is 0.262 e. The maximum Gasteiger partial charge on any atom is 0.262 e. The fourth-order valence-electron chi connectivity index (χ4n) is 4.19. The van der Waals surface area contributed by atoms with Crippen molar-refractivity contribution in [3.63, 3.8) is 0 Å². The van der Waals surface area contributed by atoms with Crippen LogP contribution in [-0.2, 0) is 16.4 Å². The standard InChI is InChI=1S/C28H28FN3O4S/c1-4-20-17-21(18-26(28(20)36-3)31-37(34,35)24-12-10-22(29)11-13-24)25-14-15-27-19(2)7-5-8-23(9-6-16-33)32(27)30-25/h8,10-15,17-18,31,33H,4-5,7,16H2,1-3H3. The number of halogens is 1. The Labute approximate surface area is 216 Å². The van der Waals surface area contributed by atoms with Crippen LogP contribution in [0.4, 0.5) is 10.1 Å². The molecule has 7 nitrogen and oxygen atoms in total. The molecule has 0 aromatic heterocycles. The number of rotatable bonds is 6. The number of hydrogen-bond donors (Lipinski definition) is 2. The van der Waals surface area contributed by atoms with Crippen molar-refractivity contribution >= 4 is 21.4 Å². The molecule has 4 rings (SSSR count). The Morgan fingerprint density at radius 2 is 1.97 bits per heavy atom. The topological polar surface area (TPSA) is 91.2 Å². The number of hydrogen-bond acceptors (Lipinski definition) is 6. The summed E-state index contributed by atoms with van der Waals surface area (Å²) in [5, 5.41) is 15.8. The summed E-state index contributed by atoms with van der Waals surface area (Å²) in [6.07, 6.45) is 8.10. The van der Waals surface area contributed by atoms with Crippen LogP contribution in [0.15, 0.2) is 81.6 Å². The van der Waals surface area contributed by atoms with Crippen LogP contribution >= 0.6 is 0 Å². The van der Waals surface area contributed by atoms with Gasteiger partial charge in [0.2, 0.25) is 0 Å². The molecular formula is C28H28FN3O4S. The average molecular weight is 522 g/mol. The highest BCUT2D eigenvalue weighted by Gasteiger charge is 2.24. The van der Waals surface area contributed by atoms with Gasteiger partial charge in [0, 0.05) is 5.56 Å². The van der Waals surface area contributed by atoms with E-state index < -0.39 is 15.8 Å². The van der Waals surface area contributed by atoms with Gasteiger partial charge in [-0.2, -0.15) is 5.10 Å². The molecule has 9 heteroatoms. The summed E-state index contributed by atoms with van der Waals surface area (Å²) in [6, 6.07) is 8.20. The van der Waals surface area contributed by atoms with Crippen molar-refractivity contribution in [2.45, 2.75) is 38.0 Å². The molecule has 0 amide bonds. The predicted molar refractivity (Wildman–Crippen MR) is 142 cm³/mol. The van der Waals surface area contributed by atoms with Crippen molar-refractivity contribution in [2.24, 2.45) is 5.10 Å². The highest BCUT2D eigenvalue weighted by atomic mass is 32.2. The number of aliphatic hydroxyl groups excluding tert-OH is 1. The first kappa shape index (κ1) is 26.2. The summed E-state index contributed by atoms with van der Waals surface area (Å²) in [6.45, 7) is 3.74. The van der Waals surface area contributed by atoms with Crippen LogP contribution in [0, 0.1) is 17.7 Å². The van der Waals surface area contributed by atoms with Gasteiger partial charge in [0.25, 0.3) is 10.0 Å². The van der Waals surface area contributed by atoms with Crippen LogP contribution in [0.25, 0.3) is 0 Å². The zero-order valence-electron chi connectivity index (χ0n) is 20.9. The lowest BCUT2D eigenvalue weighted by atomic mass is 10.0. The van der Waals surface area contributed by atoms with Crippen LogP contribution in [0.2, 0.25) is 0 Å². The monoisotopic (exact) mass is 521 g/mol. The maximum atomic E-state index is 13.4. The number of anilines is 1. The van der Waals surface area contributed by atoms with Crippen molar-refractivity contribution < 1.29 is 22.7 Å². The molecule has 0 bridgehead atoms.